The van der Waals surface area contributed by atoms with Gasteiger partial charge < -0.3 is 0 Å². The van der Waals surface area contributed by atoms with Gasteiger partial charge in [0.05, 0.1) is 0 Å². The Hall–Kier alpha value is -1.77. The molecule has 2 saturated carbocycles. The van der Waals surface area contributed by atoms with Gasteiger partial charge in [0.1, 0.15) is 0 Å². The fourth-order valence-electron chi connectivity index (χ4n) is 2.99. The van der Waals surface area contributed by atoms with E-state index in [1.165, 1.54) is 74.8 Å². The van der Waals surface area contributed by atoms with Crippen molar-refractivity contribution in [2.75, 3.05) is 21.1 Å². The molecule has 0 saturated heterocycles. The minimum absolute atomic E-state index is 1.16. The molecule has 0 atom stereocenters. The van der Waals surface area contributed by atoms with Crippen LogP contribution in [0.2, 0.25) is 0 Å². The largest absolute Gasteiger partial charge is 0.297 e. The first-order valence-electron chi connectivity index (χ1n) is 9.57. The number of nitrogens with zero attached hydrogens (tertiary/aromatic N) is 3. The summed E-state index contributed by atoms with van der Waals surface area (Å²) in [6.45, 7) is 2.08. The molecule has 25 heavy (non-hydrogen) atoms. The molecule has 138 valence electrons. The predicted molar refractivity (Wildman–Crippen MR) is 113 cm³/mol. The number of rotatable bonds is 1. The molecule has 2 aliphatic carbocycles. The maximum atomic E-state index is 4.16. The molecule has 1 aromatic carbocycles. The Labute approximate surface area is 154 Å². The number of aliphatic imine (C=N–C) groups is 3. The van der Waals surface area contributed by atoms with Crippen molar-refractivity contribution in [2.45, 2.75) is 64.7 Å². The van der Waals surface area contributed by atoms with Crippen LogP contribution in [0.5, 0.6) is 0 Å². The Kier molecular flexibility index (Phi) is 11.5. The van der Waals surface area contributed by atoms with Crippen molar-refractivity contribution in [1.29, 1.82) is 0 Å². The molecular weight excluding hydrogens is 306 g/mol. The third-order valence-corrected chi connectivity index (χ3v) is 4.60. The normalized spacial score (nSPS) is 16.6. The van der Waals surface area contributed by atoms with Crippen molar-refractivity contribution in [3.8, 4) is 0 Å². The molecule has 0 spiro atoms. The van der Waals surface area contributed by atoms with Crippen LogP contribution in [0.25, 0.3) is 0 Å². The first-order chi connectivity index (χ1) is 12.2. The molecule has 0 radical (unpaired) electrons. The van der Waals surface area contributed by atoms with E-state index < -0.39 is 0 Å². The SMILES string of the molecule is CN=C1CCCC1.CN=C1CCCCC1.CN=Cc1ccc(C)cc1. The maximum absolute atomic E-state index is 4.16. The summed E-state index contributed by atoms with van der Waals surface area (Å²) in [4.78, 5) is 12.2. The first-order valence-corrected chi connectivity index (χ1v) is 9.57. The molecule has 3 heteroatoms. The average Bonchev–Trinajstić information content (AvgIpc) is 3.19. The van der Waals surface area contributed by atoms with Gasteiger partial charge in [0.2, 0.25) is 0 Å². The van der Waals surface area contributed by atoms with Crippen LogP contribution in [-0.4, -0.2) is 38.8 Å². The van der Waals surface area contributed by atoms with Crippen molar-refractivity contribution >= 4 is 17.6 Å². The summed E-state index contributed by atoms with van der Waals surface area (Å²) in [6.07, 6.45) is 13.8. The molecule has 0 bridgehead atoms. The molecule has 0 aliphatic heterocycles. The highest BCUT2D eigenvalue weighted by atomic mass is 14.7. The van der Waals surface area contributed by atoms with E-state index in [1.54, 1.807) is 7.05 Å². The Morgan fingerprint density at radius 2 is 1.12 bits per heavy atom. The van der Waals surface area contributed by atoms with E-state index in [0.29, 0.717) is 0 Å². The molecule has 3 nitrogen and oxygen atoms in total. The van der Waals surface area contributed by atoms with Gasteiger partial charge in [-0.15, -0.1) is 0 Å². The third kappa shape index (κ3) is 9.96. The smallest absolute Gasteiger partial charge is 0.0281 e. The van der Waals surface area contributed by atoms with Crippen LogP contribution < -0.4 is 0 Å². The van der Waals surface area contributed by atoms with Crippen molar-refractivity contribution in [3.05, 3.63) is 35.4 Å². The fraction of sp³-hybridized carbons (Fsp3) is 0.591. The summed E-state index contributed by atoms with van der Waals surface area (Å²) in [5.74, 6) is 0. The quantitative estimate of drug-likeness (QED) is 0.588. The number of benzene rings is 1. The van der Waals surface area contributed by atoms with Gasteiger partial charge in [-0.05, 0) is 63.9 Å². The van der Waals surface area contributed by atoms with Gasteiger partial charge in [-0.1, -0.05) is 36.2 Å². The second-order valence-corrected chi connectivity index (χ2v) is 6.65. The second kappa shape index (κ2) is 13.5. The van der Waals surface area contributed by atoms with Crippen molar-refractivity contribution < 1.29 is 0 Å². The molecule has 2 fully saturated rings. The molecule has 0 unspecified atom stereocenters. The molecule has 1 aromatic rings. The van der Waals surface area contributed by atoms with E-state index in [1.807, 2.05) is 20.3 Å². The van der Waals surface area contributed by atoms with Gasteiger partial charge in [-0.3, -0.25) is 15.0 Å². The topological polar surface area (TPSA) is 37.1 Å². The van der Waals surface area contributed by atoms with E-state index in [9.17, 15) is 0 Å². The Morgan fingerprint density at radius 1 is 0.680 bits per heavy atom. The van der Waals surface area contributed by atoms with E-state index >= 15 is 0 Å². The minimum atomic E-state index is 1.16. The van der Waals surface area contributed by atoms with Crippen molar-refractivity contribution in [1.82, 2.24) is 0 Å². The van der Waals surface area contributed by atoms with Crippen molar-refractivity contribution in [3.63, 3.8) is 0 Å². The lowest BCUT2D eigenvalue weighted by Crippen LogP contribution is -2.03. The Bertz CT molecular complexity index is 537. The maximum Gasteiger partial charge on any atom is 0.0281 e. The highest BCUT2D eigenvalue weighted by molar-refractivity contribution is 5.86. The zero-order chi connectivity index (χ0) is 18.3. The number of aryl methyl sites for hydroxylation is 1. The molecule has 0 heterocycles. The summed E-state index contributed by atoms with van der Waals surface area (Å²) in [7, 11) is 5.57. The molecule has 3 rings (SSSR count). The lowest BCUT2D eigenvalue weighted by molar-refractivity contribution is 0.666. The Balaban J connectivity index is 0.000000191. The first kappa shape index (κ1) is 21.3. The fourth-order valence-corrected chi connectivity index (χ4v) is 2.99. The summed E-state index contributed by atoms with van der Waals surface area (Å²) in [5.41, 5.74) is 5.29. The van der Waals surface area contributed by atoms with E-state index in [2.05, 4.69) is 46.2 Å². The number of hydrogen-bond acceptors (Lipinski definition) is 3. The highest BCUT2D eigenvalue weighted by Gasteiger charge is 2.05. The van der Waals surface area contributed by atoms with Crippen LogP contribution in [0.3, 0.4) is 0 Å². The summed E-state index contributed by atoms with van der Waals surface area (Å²) >= 11 is 0. The summed E-state index contributed by atoms with van der Waals surface area (Å²) in [5, 5.41) is 0. The molecular formula is C22H35N3. The standard InChI is InChI=1S/C9H11N.C7H13N.C6H11N/c1-8-3-5-9(6-4-8)7-10-2;1-8-7-5-3-2-4-6-7;1-7-6-4-2-3-5-6/h3-7H,1-2H3;2-6H2,1H3;2-5H2,1H3. The minimum Gasteiger partial charge on any atom is -0.297 e. The van der Waals surface area contributed by atoms with Crippen LogP contribution in [0, 0.1) is 6.92 Å². The lowest BCUT2D eigenvalue weighted by atomic mass is 9.99. The summed E-state index contributed by atoms with van der Waals surface area (Å²) in [6, 6.07) is 8.28. The van der Waals surface area contributed by atoms with Crippen LogP contribution in [0.4, 0.5) is 0 Å². The van der Waals surface area contributed by atoms with Gasteiger partial charge in [-0.25, -0.2) is 0 Å². The zero-order valence-electron chi connectivity index (χ0n) is 16.6. The Morgan fingerprint density at radius 3 is 1.48 bits per heavy atom. The molecule has 2 aliphatic rings. The molecule has 0 amide bonds. The van der Waals surface area contributed by atoms with Gasteiger partial charge in [-0.2, -0.15) is 0 Å². The van der Waals surface area contributed by atoms with Crippen LogP contribution >= 0.6 is 0 Å². The summed E-state index contributed by atoms with van der Waals surface area (Å²) < 4.78 is 0. The predicted octanol–water partition coefficient (Wildman–Crippen LogP) is 5.70. The van der Waals surface area contributed by atoms with Crippen LogP contribution in [0.1, 0.15) is 68.9 Å². The highest BCUT2D eigenvalue weighted by Crippen LogP contribution is 2.14. The van der Waals surface area contributed by atoms with Crippen LogP contribution in [0.15, 0.2) is 39.2 Å². The average molecular weight is 342 g/mol. The van der Waals surface area contributed by atoms with Crippen LogP contribution in [-0.2, 0) is 0 Å². The third-order valence-electron chi connectivity index (χ3n) is 4.60. The van der Waals surface area contributed by atoms with Gasteiger partial charge in [0, 0.05) is 38.8 Å². The molecule has 0 N–H and O–H groups in total. The van der Waals surface area contributed by atoms with E-state index in [0.717, 1.165) is 5.56 Å². The molecule has 0 aromatic heterocycles. The van der Waals surface area contributed by atoms with Gasteiger partial charge in [0.25, 0.3) is 0 Å². The van der Waals surface area contributed by atoms with E-state index in [4.69, 9.17) is 0 Å². The monoisotopic (exact) mass is 341 g/mol. The number of hydrogen-bond donors (Lipinski definition) is 0. The van der Waals surface area contributed by atoms with Crippen molar-refractivity contribution in [2.24, 2.45) is 15.0 Å². The second-order valence-electron chi connectivity index (χ2n) is 6.65. The van der Waals surface area contributed by atoms with Gasteiger partial charge in [0.15, 0.2) is 0 Å². The van der Waals surface area contributed by atoms with E-state index in [-0.39, 0.29) is 0 Å². The lowest BCUT2D eigenvalue weighted by Gasteiger charge is -2.10. The van der Waals surface area contributed by atoms with Gasteiger partial charge >= 0.3 is 0 Å². The zero-order valence-corrected chi connectivity index (χ0v) is 16.6.